The predicted octanol–water partition coefficient (Wildman–Crippen LogP) is 6.53. The fourth-order valence-corrected chi connectivity index (χ4v) is 9.12. The van der Waals surface area contributed by atoms with E-state index in [0.717, 1.165) is 68.4 Å². The van der Waals surface area contributed by atoms with Crippen molar-refractivity contribution < 1.29 is 13.7 Å². The molecule has 0 N–H and O–H groups in total. The number of alkyl halides is 1. The summed E-state index contributed by atoms with van der Waals surface area (Å²) < 4.78 is 22.1. The SMILES string of the molecule is Cn1nc(C2CC2)cc1C12CCC(CN(C(=O)CC34CC(F)(C3)C4)c3cncc(-c4nc(C5CC5)no4)c3)(CC1)CC2. The normalized spacial score (nSPS) is 34.6. The lowest BCUT2D eigenvalue weighted by molar-refractivity contribution is -0.215. The van der Waals surface area contributed by atoms with Crippen LogP contribution in [0.4, 0.5) is 10.1 Å². The summed E-state index contributed by atoms with van der Waals surface area (Å²) >= 11 is 0. The number of fused-ring (bicyclic) bond motifs is 3. The minimum absolute atomic E-state index is 0.0791. The fourth-order valence-electron chi connectivity index (χ4n) is 9.12. The average Bonchev–Trinajstić information content (AvgIpc) is 3.91. The zero-order valence-electron chi connectivity index (χ0n) is 24.4. The van der Waals surface area contributed by atoms with Gasteiger partial charge in [0.2, 0.25) is 5.91 Å². The molecule has 0 spiro atoms. The second kappa shape index (κ2) is 8.50. The van der Waals surface area contributed by atoms with Gasteiger partial charge in [-0.1, -0.05) is 5.16 Å². The largest absolute Gasteiger partial charge is 0.334 e. The monoisotopic (exact) mass is 570 g/mol. The number of hydrogen-bond donors (Lipinski definition) is 0. The molecule has 0 radical (unpaired) electrons. The topological polar surface area (TPSA) is 89.9 Å². The van der Waals surface area contributed by atoms with Gasteiger partial charge < -0.3 is 9.42 Å². The van der Waals surface area contributed by atoms with Crippen molar-refractivity contribution in [1.29, 1.82) is 0 Å². The first-order chi connectivity index (χ1) is 20.2. The molecule has 0 saturated heterocycles. The summed E-state index contributed by atoms with van der Waals surface area (Å²) in [5.74, 6) is 2.38. The van der Waals surface area contributed by atoms with Gasteiger partial charge in [-0.15, -0.1) is 0 Å². The standard InChI is InChI=1S/C33H39FN6O2/c1-39-26(13-25(37-39)21-2-3-21)32-9-6-30(7-10-32,8-11-32)20-40(27(41)14-31-17-33(34,18-31)19-31)24-12-23(15-35-16-24)29-36-28(38-42-29)22-4-5-22/h12-13,15-16,21-22H,2-11,14,17-20H2,1H3. The molecule has 0 unspecified atom stereocenters. The molecule has 0 aromatic carbocycles. The molecule has 3 aromatic rings. The number of pyridine rings is 1. The van der Waals surface area contributed by atoms with Crippen LogP contribution in [-0.4, -0.2) is 43.0 Å². The second-order valence-electron chi connectivity index (χ2n) is 15.1. The highest BCUT2D eigenvalue weighted by atomic mass is 19.1. The van der Waals surface area contributed by atoms with Crippen molar-refractivity contribution in [3.05, 3.63) is 41.7 Å². The van der Waals surface area contributed by atoms with Crippen LogP contribution in [0.2, 0.25) is 0 Å². The number of amides is 1. The smallest absolute Gasteiger partial charge is 0.259 e. The third-order valence-electron chi connectivity index (χ3n) is 11.9. The van der Waals surface area contributed by atoms with E-state index in [1.807, 2.05) is 11.0 Å². The Morgan fingerprint density at radius 2 is 1.71 bits per heavy atom. The van der Waals surface area contributed by atoms with Crippen LogP contribution in [0.3, 0.4) is 0 Å². The molecule has 8 aliphatic rings. The van der Waals surface area contributed by atoms with Crippen molar-refractivity contribution in [3.8, 4) is 11.5 Å². The van der Waals surface area contributed by atoms with E-state index in [0.29, 0.717) is 50.0 Å². The Morgan fingerprint density at radius 1 is 1.00 bits per heavy atom. The Kier molecular flexibility index (Phi) is 5.14. The maximum Gasteiger partial charge on any atom is 0.259 e. The van der Waals surface area contributed by atoms with Crippen molar-refractivity contribution in [3.63, 3.8) is 0 Å². The Balaban J connectivity index is 0.984. The lowest BCUT2D eigenvalue weighted by Crippen LogP contribution is -2.65. The molecule has 11 rings (SSSR count). The van der Waals surface area contributed by atoms with E-state index >= 15 is 0 Å². The van der Waals surface area contributed by atoms with E-state index < -0.39 is 5.67 Å². The van der Waals surface area contributed by atoms with E-state index in [1.165, 1.54) is 24.2 Å². The lowest BCUT2D eigenvalue weighted by atomic mass is 9.41. The van der Waals surface area contributed by atoms with Gasteiger partial charge in [0, 0.05) is 49.2 Å². The Morgan fingerprint density at radius 3 is 2.38 bits per heavy atom. The van der Waals surface area contributed by atoms with Crippen molar-refractivity contribution in [1.82, 2.24) is 24.9 Å². The van der Waals surface area contributed by atoms with Crippen LogP contribution in [-0.2, 0) is 17.3 Å². The molecule has 42 heavy (non-hydrogen) atoms. The number of carbonyl (C=O) groups excluding carboxylic acids is 1. The summed E-state index contributed by atoms with van der Waals surface area (Å²) in [5, 5.41) is 9.09. The maximum atomic E-state index is 14.4. The quantitative estimate of drug-likeness (QED) is 0.291. The molecule has 8 saturated carbocycles. The minimum Gasteiger partial charge on any atom is -0.334 e. The highest BCUT2D eigenvalue weighted by molar-refractivity contribution is 5.94. The third-order valence-corrected chi connectivity index (χ3v) is 11.9. The van der Waals surface area contributed by atoms with Gasteiger partial charge >= 0.3 is 0 Å². The third kappa shape index (κ3) is 4.01. The van der Waals surface area contributed by atoms with Gasteiger partial charge in [-0.3, -0.25) is 14.5 Å². The average molecular weight is 571 g/mol. The molecule has 3 heterocycles. The van der Waals surface area contributed by atoms with Gasteiger partial charge in [-0.05, 0) is 106 Å². The van der Waals surface area contributed by atoms with Gasteiger partial charge in [-0.2, -0.15) is 10.1 Å². The Hall–Kier alpha value is -3.10. The number of aromatic nitrogens is 5. The van der Waals surface area contributed by atoms with Crippen LogP contribution < -0.4 is 4.90 Å². The highest BCUT2D eigenvalue weighted by Gasteiger charge is 2.69. The molecular formula is C33H39FN6O2. The minimum atomic E-state index is -1.01. The number of carbonyl (C=O) groups is 1. The Bertz CT molecular complexity index is 1540. The molecule has 8 nitrogen and oxygen atoms in total. The fraction of sp³-hybridized carbons (Fsp3) is 0.667. The Labute approximate surface area is 245 Å². The summed E-state index contributed by atoms with van der Waals surface area (Å²) in [6, 6.07) is 4.38. The number of halogens is 1. The van der Waals surface area contributed by atoms with Crippen molar-refractivity contribution >= 4 is 11.6 Å². The molecule has 1 amide bonds. The van der Waals surface area contributed by atoms with E-state index in [4.69, 9.17) is 9.62 Å². The van der Waals surface area contributed by atoms with Crippen molar-refractivity contribution in [2.24, 2.45) is 17.9 Å². The molecule has 0 aliphatic heterocycles. The lowest BCUT2D eigenvalue weighted by Gasteiger charge is -2.66. The first-order valence-corrected chi connectivity index (χ1v) is 16.1. The van der Waals surface area contributed by atoms with Crippen LogP contribution in [0.25, 0.3) is 11.5 Å². The first kappa shape index (κ1) is 25.4. The van der Waals surface area contributed by atoms with Crippen LogP contribution in [0.5, 0.6) is 0 Å². The molecule has 0 atom stereocenters. The highest BCUT2D eigenvalue weighted by Crippen LogP contribution is 2.71. The molecule has 9 heteroatoms. The van der Waals surface area contributed by atoms with Crippen LogP contribution in [0.15, 0.2) is 29.0 Å². The molecule has 8 fully saturated rings. The molecule has 220 valence electrons. The molecule has 8 aliphatic carbocycles. The molecular weight excluding hydrogens is 531 g/mol. The summed E-state index contributed by atoms with van der Waals surface area (Å²) in [7, 11) is 2.12. The summed E-state index contributed by atoms with van der Waals surface area (Å²) in [6.07, 6.45) is 17.0. The van der Waals surface area contributed by atoms with E-state index in [2.05, 4.69) is 32.9 Å². The van der Waals surface area contributed by atoms with Gasteiger partial charge in [0.05, 0.1) is 23.1 Å². The number of nitrogens with zero attached hydrogens (tertiary/aromatic N) is 6. The van der Waals surface area contributed by atoms with Gasteiger partial charge in [0.25, 0.3) is 5.89 Å². The van der Waals surface area contributed by atoms with E-state index in [-0.39, 0.29) is 22.2 Å². The van der Waals surface area contributed by atoms with Crippen LogP contribution in [0, 0.1) is 10.8 Å². The van der Waals surface area contributed by atoms with Gasteiger partial charge in [-0.25, -0.2) is 4.39 Å². The first-order valence-electron chi connectivity index (χ1n) is 16.1. The predicted molar refractivity (Wildman–Crippen MR) is 154 cm³/mol. The zero-order chi connectivity index (χ0) is 28.3. The van der Waals surface area contributed by atoms with Crippen molar-refractivity contribution in [2.45, 2.75) is 113 Å². The number of rotatable bonds is 9. The van der Waals surface area contributed by atoms with Gasteiger partial charge in [0.15, 0.2) is 5.82 Å². The molecule has 3 aromatic heterocycles. The summed E-state index contributed by atoms with van der Waals surface area (Å²) in [6.45, 7) is 0.680. The summed E-state index contributed by atoms with van der Waals surface area (Å²) in [4.78, 5) is 25.2. The number of anilines is 1. The maximum absolute atomic E-state index is 14.4. The number of aryl methyl sites for hydroxylation is 1. The van der Waals surface area contributed by atoms with E-state index in [1.54, 1.807) is 12.4 Å². The van der Waals surface area contributed by atoms with Crippen LogP contribution in [0.1, 0.15) is 119 Å². The number of hydrogen-bond acceptors (Lipinski definition) is 6. The van der Waals surface area contributed by atoms with E-state index in [9.17, 15) is 9.18 Å². The second-order valence-corrected chi connectivity index (χ2v) is 15.1. The zero-order valence-corrected chi connectivity index (χ0v) is 24.4. The van der Waals surface area contributed by atoms with Crippen LogP contribution >= 0.6 is 0 Å². The molecule has 4 bridgehead atoms. The summed E-state index contributed by atoms with van der Waals surface area (Å²) in [5.41, 5.74) is 3.34. The van der Waals surface area contributed by atoms with Gasteiger partial charge in [0.1, 0.15) is 5.67 Å². The van der Waals surface area contributed by atoms with Crippen molar-refractivity contribution in [2.75, 3.05) is 11.4 Å².